The first-order valence-electron chi connectivity index (χ1n) is 9.91. The van der Waals surface area contributed by atoms with Crippen LogP contribution in [0.25, 0.3) is 0 Å². The highest BCUT2D eigenvalue weighted by Gasteiger charge is 2.31. The zero-order chi connectivity index (χ0) is 20.1. The molecule has 3 rings (SSSR count). The highest BCUT2D eigenvalue weighted by molar-refractivity contribution is 5.95. The van der Waals surface area contributed by atoms with Gasteiger partial charge < -0.3 is 14.5 Å². The minimum Gasteiger partial charge on any atom is -0.490 e. The second kappa shape index (κ2) is 9.03. The Hall–Kier alpha value is -2.64. The van der Waals surface area contributed by atoms with Crippen LogP contribution < -0.4 is 4.74 Å². The Kier molecular flexibility index (Phi) is 6.49. The van der Waals surface area contributed by atoms with E-state index in [9.17, 15) is 19.7 Å². The van der Waals surface area contributed by atoms with Crippen LogP contribution in [0.4, 0.5) is 5.69 Å². The molecule has 28 heavy (non-hydrogen) atoms. The molecule has 0 atom stereocenters. The number of carbonyl (C=O) groups excluding carboxylic acids is 2. The fraction of sp³-hybridized carbons (Fsp3) is 0.600. The normalized spacial score (nSPS) is 18.5. The summed E-state index contributed by atoms with van der Waals surface area (Å²) < 4.78 is 4.99. The van der Waals surface area contributed by atoms with Crippen LogP contribution in [0.5, 0.6) is 5.75 Å². The van der Waals surface area contributed by atoms with Crippen LogP contribution >= 0.6 is 0 Å². The van der Waals surface area contributed by atoms with E-state index >= 15 is 0 Å². The molecule has 2 amide bonds. The SMILES string of the molecule is COc1ccc(C(=O)N2CCC(C(=O)N3CCCCCC3)CC2)cc1[N+](=O)[O-]. The van der Waals surface area contributed by atoms with Crippen molar-refractivity contribution in [3.8, 4) is 5.75 Å². The minimum atomic E-state index is -0.554. The maximum absolute atomic E-state index is 12.8. The zero-order valence-electron chi connectivity index (χ0n) is 16.3. The molecule has 1 aromatic carbocycles. The summed E-state index contributed by atoms with van der Waals surface area (Å²) in [6.45, 7) is 2.66. The number of nitro benzene ring substituents is 1. The van der Waals surface area contributed by atoms with Gasteiger partial charge in [-0.15, -0.1) is 0 Å². The molecule has 0 saturated carbocycles. The van der Waals surface area contributed by atoms with Gasteiger partial charge in [-0.25, -0.2) is 0 Å². The second-order valence-corrected chi connectivity index (χ2v) is 7.45. The molecule has 0 N–H and O–H groups in total. The molecule has 152 valence electrons. The van der Waals surface area contributed by atoms with Gasteiger partial charge in [0, 0.05) is 43.7 Å². The van der Waals surface area contributed by atoms with Gasteiger partial charge in [0.25, 0.3) is 5.91 Å². The summed E-state index contributed by atoms with van der Waals surface area (Å²) >= 11 is 0. The van der Waals surface area contributed by atoms with E-state index in [1.807, 2.05) is 4.90 Å². The largest absolute Gasteiger partial charge is 0.490 e. The van der Waals surface area contributed by atoms with Crippen molar-refractivity contribution in [3.05, 3.63) is 33.9 Å². The van der Waals surface area contributed by atoms with Crippen LogP contribution in [0, 0.1) is 16.0 Å². The molecule has 2 saturated heterocycles. The third-order valence-corrected chi connectivity index (χ3v) is 5.67. The lowest BCUT2D eigenvalue weighted by Gasteiger charge is -2.34. The molecule has 2 fully saturated rings. The number of hydrogen-bond acceptors (Lipinski definition) is 5. The number of likely N-dealkylation sites (tertiary alicyclic amines) is 2. The quantitative estimate of drug-likeness (QED) is 0.583. The van der Waals surface area contributed by atoms with E-state index < -0.39 is 4.92 Å². The van der Waals surface area contributed by atoms with E-state index in [4.69, 9.17) is 4.74 Å². The van der Waals surface area contributed by atoms with Crippen LogP contribution in [0.3, 0.4) is 0 Å². The van der Waals surface area contributed by atoms with Crippen LogP contribution in [0.2, 0.25) is 0 Å². The number of methoxy groups -OCH3 is 1. The lowest BCUT2D eigenvalue weighted by atomic mass is 9.94. The second-order valence-electron chi connectivity index (χ2n) is 7.45. The van der Waals surface area contributed by atoms with E-state index in [2.05, 4.69) is 0 Å². The Balaban J connectivity index is 1.61. The maximum atomic E-state index is 12.8. The fourth-order valence-electron chi connectivity index (χ4n) is 4.03. The van der Waals surface area contributed by atoms with E-state index in [1.165, 1.54) is 32.1 Å². The number of hydrogen-bond donors (Lipinski definition) is 0. The van der Waals surface area contributed by atoms with Crippen molar-refractivity contribution in [1.29, 1.82) is 0 Å². The van der Waals surface area contributed by atoms with Crippen LogP contribution in [0.1, 0.15) is 48.9 Å². The Morgan fingerprint density at radius 1 is 1.04 bits per heavy atom. The van der Waals surface area contributed by atoms with E-state index in [-0.39, 0.29) is 34.7 Å². The molecule has 0 radical (unpaired) electrons. The fourth-order valence-corrected chi connectivity index (χ4v) is 4.03. The van der Waals surface area contributed by atoms with E-state index in [0.29, 0.717) is 25.9 Å². The number of nitrogens with zero attached hydrogens (tertiary/aromatic N) is 3. The zero-order valence-corrected chi connectivity index (χ0v) is 16.3. The Labute approximate surface area is 164 Å². The van der Waals surface area contributed by atoms with Crippen LogP contribution in [-0.2, 0) is 4.79 Å². The third-order valence-electron chi connectivity index (χ3n) is 5.67. The molecule has 0 bridgehead atoms. The molecule has 0 spiro atoms. The first-order valence-corrected chi connectivity index (χ1v) is 9.91. The Bertz CT molecular complexity index is 735. The van der Waals surface area contributed by atoms with E-state index in [0.717, 1.165) is 25.9 Å². The number of ether oxygens (including phenoxy) is 1. The first-order chi connectivity index (χ1) is 13.5. The van der Waals surface area contributed by atoms with Gasteiger partial charge in [-0.05, 0) is 37.8 Å². The lowest BCUT2D eigenvalue weighted by Crippen LogP contribution is -2.44. The van der Waals surface area contributed by atoms with Crippen molar-refractivity contribution in [2.45, 2.75) is 38.5 Å². The van der Waals surface area contributed by atoms with Crippen molar-refractivity contribution in [2.24, 2.45) is 5.92 Å². The van der Waals surface area contributed by atoms with Gasteiger partial charge in [0.2, 0.25) is 5.91 Å². The van der Waals surface area contributed by atoms with Gasteiger partial charge in [-0.2, -0.15) is 0 Å². The smallest absolute Gasteiger partial charge is 0.311 e. The Morgan fingerprint density at radius 2 is 1.68 bits per heavy atom. The number of piperidine rings is 1. The maximum Gasteiger partial charge on any atom is 0.311 e. The summed E-state index contributed by atoms with van der Waals surface area (Å²) in [6.07, 6.45) is 5.78. The minimum absolute atomic E-state index is 0.0349. The van der Waals surface area contributed by atoms with Gasteiger partial charge in [0.15, 0.2) is 5.75 Å². The molecule has 8 nitrogen and oxygen atoms in total. The molecule has 0 aliphatic carbocycles. The van der Waals surface area contributed by atoms with Gasteiger partial charge in [-0.3, -0.25) is 19.7 Å². The standard InChI is InChI=1S/C20H27N3O5/c1-28-18-7-6-16(14-17(18)23(26)27)20(25)22-12-8-15(9-13-22)19(24)21-10-4-2-3-5-11-21/h6-7,14-15H,2-5,8-13H2,1H3. The Morgan fingerprint density at radius 3 is 2.25 bits per heavy atom. The number of rotatable bonds is 4. The molecule has 2 aliphatic rings. The summed E-state index contributed by atoms with van der Waals surface area (Å²) in [5.41, 5.74) is 0.0457. The average molecular weight is 389 g/mol. The van der Waals surface area contributed by atoms with Gasteiger partial charge in [-0.1, -0.05) is 12.8 Å². The van der Waals surface area contributed by atoms with Gasteiger partial charge in [0.05, 0.1) is 12.0 Å². The van der Waals surface area contributed by atoms with Crippen LogP contribution in [-0.4, -0.2) is 59.8 Å². The number of amides is 2. The first kappa shape index (κ1) is 20.1. The summed E-state index contributed by atoms with van der Waals surface area (Å²) in [4.78, 5) is 39.8. The summed E-state index contributed by atoms with van der Waals surface area (Å²) in [5.74, 6) is 0.0659. The molecular formula is C20H27N3O5. The van der Waals surface area contributed by atoms with E-state index in [1.54, 1.807) is 11.0 Å². The monoisotopic (exact) mass is 389 g/mol. The predicted octanol–water partition coefficient (Wildman–Crippen LogP) is 2.86. The highest BCUT2D eigenvalue weighted by atomic mass is 16.6. The number of carbonyl (C=O) groups is 2. The van der Waals surface area contributed by atoms with Crippen molar-refractivity contribution in [3.63, 3.8) is 0 Å². The van der Waals surface area contributed by atoms with Crippen molar-refractivity contribution >= 4 is 17.5 Å². The molecule has 1 aromatic rings. The molecule has 0 unspecified atom stereocenters. The third kappa shape index (κ3) is 4.43. The van der Waals surface area contributed by atoms with Crippen molar-refractivity contribution < 1.29 is 19.2 Å². The number of benzene rings is 1. The predicted molar refractivity (Wildman–Crippen MR) is 103 cm³/mol. The molecule has 0 aromatic heterocycles. The van der Waals surface area contributed by atoms with Gasteiger partial charge in [0.1, 0.15) is 0 Å². The molecular weight excluding hydrogens is 362 g/mol. The molecule has 8 heteroatoms. The molecule has 2 aliphatic heterocycles. The number of nitro groups is 1. The lowest BCUT2D eigenvalue weighted by molar-refractivity contribution is -0.385. The molecule has 2 heterocycles. The average Bonchev–Trinajstić information content (AvgIpc) is 3.02. The summed E-state index contributed by atoms with van der Waals surface area (Å²) in [7, 11) is 1.36. The highest BCUT2D eigenvalue weighted by Crippen LogP contribution is 2.29. The summed E-state index contributed by atoms with van der Waals surface area (Å²) in [6, 6.07) is 4.25. The topological polar surface area (TPSA) is 93.0 Å². The van der Waals surface area contributed by atoms with Crippen molar-refractivity contribution in [1.82, 2.24) is 9.80 Å². The van der Waals surface area contributed by atoms with Crippen LogP contribution in [0.15, 0.2) is 18.2 Å². The summed E-state index contributed by atoms with van der Waals surface area (Å²) in [5, 5.41) is 11.2. The van der Waals surface area contributed by atoms with Crippen molar-refractivity contribution in [2.75, 3.05) is 33.3 Å². The van der Waals surface area contributed by atoms with Gasteiger partial charge >= 0.3 is 5.69 Å².